The molecule has 0 aliphatic heterocycles. The minimum Gasteiger partial charge on any atom is -0.346 e. The van der Waals surface area contributed by atoms with Crippen LogP contribution in [-0.4, -0.2) is 10.9 Å². The van der Waals surface area contributed by atoms with Gasteiger partial charge in [-0.25, -0.2) is 0 Å². The van der Waals surface area contributed by atoms with E-state index >= 15 is 0 Å². The maximum atomic E-state index is 11.8. The Kier molecular flexibility index (Phi) is 4.87. The Morgan fingerprint density at radius 1 is 1.58 bits per heavy atom. The Balaban J connectivity index is 1.93. The molecule has 0 saturated heterocycles. The number of hydrogen-bond donors (Lipinski definition) is 1. The van der Waals surface area contributed by atoms with Crippen molar-refractivity contribution in [1.29, 1.82) is 0 Å². The van der Waals surface area contributed by atoms with Crippen LogP contribution in [0.25, 0.3) is 6.08 Å². The van der Waals surface area contributed by atoms with E-state index < -0.39 is 0 Å². The lowest BCUT2D eigenvalue weighted by molar-refractivity contribution is -0.117. The SMILES string of the molecule is CC(NC(=O)C=Cc1csc(Br)c1)c1cccnc1. The molecule has 2 aromatic rings. The Labute approximate surface area is 124 Å². The molecule has 0 aliphatic carbocycles. The summed E-state index contributed by atoms with van der Waals surface area (Å²) in [6, 6.07) is 5.72. The molecular formula is C14H13BrN2OS. The van der Waals surface area contributed by atoms with E-state index in [9.17, 15) is 4.79 Å². The molecule has 0 fully saturated rings. The largest absolute Gasteiger partial charge is 0.346 e. The van der Waals surface area contributed by atoms with E-state index in [1.54, 1.807) is 35.9 Å². The first-order valence-corrected chi connectivity index (χ1v) is 7.45. The van der Waals surface area contributed by atoms with Crippen molar-refractivity contribution in [3.8, 4) is 0 Å². The van der Waals surface area contributed by atoms with Gasteiger partial charge in [-0.3, -0.25) is 9.78 Å². The zero-order valence-corrected chi connectivity index (χ0v) is 12.7. The number of nitrogens with zero attached hydrogens (tertiary/aromatic N) is 1. The van der Waals surface area contributed by atoms with Crippen molar-refractivity contribution in [2.45, 2.75) is 13.0 Å². The van der Waals surface area contributed by atoms with Crippen molar-refractivity contribution in [2.75, 3.05) is 0 Å². The van der Waals surface area contributed by atoms with Crippen molar-refractivity contribution in [2.24, 2.45) is 0 Å². The van der Waals surface area contributed by atoms with Crippen LogP contribution in [0.15, 0.2) is 45.8 Å². The van der Waals surface area contributed by atoms with Gasteiger partial charge in [0.05, 0.1) is 9.83 Å². The number of carbonyl (C=O) groups is 1. The topological polar surface area (TPSA) is 42.0 Å². The summed E-state index contributed by atoms with van der Waals surface area (Å²) in [6.45, 7) is 1.93. The number of carbonyl (C=O) groups excluding carboxylic acids is 1. The minimum absolute atomic E-state index is 0.0555. The third-order valence-electron chi connectivity index (χ3n) is 2.56. The number of aromatic nitrogens is 1. The number of rotatable bonds is 4. The fourth-order valence-corrected chi connectivity index (χ4v) is 2.70. The molecule has 2 aromatic heterocycles. The molecular weight excluding hydrogens is 324 g/mol. The van der Waals surface area contributed by atoms with Gasteiger partial charge in [-0.15, -0.1) is 11.3 Å². The van der Waals surface area contributed by atoms with Crippen LogP contribution in [0.3, 0.4) is 0 Å². The fraction of sp³-hybridized carbons (Fsp3) is 0.143. The number of amides is 1. The van der Waals surface area contributed by atoms with Crippen LogP contribution in [0.2, 0.25) is 0 Å². The predicted molar refractivity (Wildman–Crippen MR) is 81.8 cm³/mol. The van der Waals surface area contributed by atoms with Crippen molar-refractivity contribution in [3.05, 3.63) is 57.0 Å². The van der Waals surface area contributed by atoms with Crippen molar-refractivity contribution in [3.63, 3.8) is 0 Å². The Morgan fingerprint density at radius 2 is 2.42 bits per heavy atom. The molecule has 3 nitrogen and oxygen atoms in total. The lowest BCUT2D eigenvalue weighted by Gasteiger charge is -2.11. The van der Waals surface area contributed by atoms with Crippen LogP contribution in [0, 0.1) is 0 Å². The fourth-order valence-electron chi connectivity index (χ4n) is 1.56. The maximum absolute atomic E-state index is 11.8. The smallest absolute Gasteiger partial charge is 0.244 e. The lowest BCUT2D eigenvalue weighted by Crippen LogP contribution is -2.24. The van der Waals surface area contributed by atoms with Crippen molar-refractivity contribution in [1.82, 2.24) is 10.3 Å². The van der Waals surface area contributed by atoms with Crippen molar-refractivity contribution < 1.29 is 4.79 Å². The molecule has 0 spiro atoms. The van der Waals surface area contributed by atoms with Gasteiger partial charge in [0, 0.05) is 18.5 Å². The molecule has 1 amide bonds. The van der Waals surface area contributed by atoms with Crippen LogP contribution in [0.1, 0.15) is 24.1 Å². The van der Waals surface area contributed by atoms with E-state index in [1.165, 1.54) is 0 Å². The van der Waals surface area contributed by atoms with Crippen LogP contribution < -0.4 is 5.32 Å². The summed E-state index contributed by atoms with van der Waals surface area (Å²) in [5.41, 5.74) is 2.00. The molecule has 98 valence electrons. The molecule has 0 saturated carbocycles. The monoisotopic (exact) mass is 336 g/mol. The molecule has 2 rings (SSSR count). The van der Waals surface area contributed by atoms with Gasteiger partial charge in [0.15, 0.2) is 0 Å². The van der Waals surface area contributed by atoms with Gasteiger partial charge >= 0.3 is 0 Å². The third-order valence-corrected chi connectivity index (χ3v) is 4.08. The summed E-state index contributed by atoms with van der Waals surface area (Å²) in [5, 5.41) is 4.88. The van der Waals surface area contributed by atoms with Crippen LogP contribution >= 0.6 is 27.3 Å². The number of pyridine rings is 1. The Morgan fingerprint density at radius 3 is 3.05 bits per heavy atom. The Bertz CT molecular complexity index is 580. The molecule has 2 heterocycles. The molecule has 0 bridgehead atoms. The first kappa shape index (κ1) is 14.0. The van der Waals surface area contributed by atoms with Gasteiger partial charge in [-0.05, 0) is 57.6 Å². The highest BCUT2D eigenvalue weighted by Gasteiger charge is 2.06. The second kappa shape index (κ2) is 6.63. The van der Waals surface area contributed by atoms with Gasteiger partial charge < -0.3 is 5.32 Å². The predicted octanol–water partition coefficient (Wildman–Crippen LogP) is 3.80. The van der Waals surface area contributed by atoms with Gasteiger partial charge in [0.2, 0.25) is 5.91 Å². The summed E-state index contributed by atoms with van der Waals surface area (Å²) in [7, 11) is 0. The van der Waals surface area contributed by atoms with Gasteiger partial charge in [-0.2, -0.15) is 0 Å². The van der Waals surface area contributed by atoms with Gasteiger partial charge in [-0.1, -0.05) is 6.07 Å². The highest BCUT2D eigenvalue weighted by molar-refractivity contribution is 9.11. The number of halogens is 1. The number of hydrogen-bond acceptors (Lipinski definition) is 3. The quantitative estimate of drug-likeness (QED) is 0.863. The zero-order valence-electron chi connectivity index (χ0n) is 10.3. The molecule has 1 unspecified atom stereocenters. The average molecular weight is 337 g/mol. The molecule has 1 atom stereocenters. The van der Waals surface area contributed by atoms with E-state index in [1.807, 2.05) is 30.5 Å². The van der Waals surface area contributed by atoms with E-state index in [-0.39, 0.29) is 11.9 Å². The summed E-state index contributed by atoms with van der Waals surface area (Å²) in [6.07, 6.45) is 6.81. The summed E-state index contributed by atoms with van der Waals surface area (Å²) >= 11 is 4.98. The van der Waals surface area contributed by atoms with Crippen LogP contribution in [-0.2, 0) is 4.79 Å². The minimum atomic E-state index is -0.112. The molecule has 0 aliphatic rings. The van der Waals surface area contributed by atoms with E-state index in [0.717, 1.165) is 14.9 Å². The summed E-state index contributed by atoms with van der Waals surface area (Å²) in [4.78, 5) is 15.8. The maximum Gasteiger partial charge on any atom is 0.244 e. The molecule has 5 heteroatoms. The van der Waals surface area contributed by atoms with Gasteiger partial charge in [0.25, 0.3) is 0 Å². The highest BCUT2D eigenvalue weighted by Crippen LogP contribution is 2.21. The normalized spacial score (nSPS) is 12.5. The summed E-state index contributed by atoms with van der Waals surface area (Å²) in [5.74, 6) is -0.112. The molecule has 0 aromatic carbocycles. The molecule has 0 radical (unpaired) electrons. The van der Waals surface area contributed by atoms with Crippen LogP contribution in [0.5, 0.6) is 0 Å². The molecule has 19 heavy (non-hydrogen) atoms. The number of thiophene rings is 1. The van der Waals surface area contributed by atoms with Crippen LogP contribution in [0.4, 0.5) is 0 Å². The molecule has 1 N–H and O–H groups in total. The Hall–Kier alpha value is -1.46. The van der Waals surface area contributed by atoms with Gasteiger partial charge in [0.1, 0.15) is 0 Å². The summed E-state index contributed by atoms with van der Waals surface area (Å²) < 4.78 is 1.05. The van der Waals surface area contributed by atoms with Crippen molar-refractivity contribution >= 4 is 39.2 Å². The highest BCUT2D eigenvalue weighted by atomic mass is 79.9. The standard InChI is InChI=1S/C14H13BrN2OS/c1-10(12-3-2-6-16-8-12)17-14(18)5-4-11-7-13(15)19-9-11/h2-10H,1H3,(H,17,18). The first-order chi connectivity index (χ1) is 9.15. The average Bonchev–Trinajstić information content (AvgIpc) is 2.83. The first-order valence-electron chi connectivity index (χ1n) is 5.77. The lowest BCUT2D eigenvalue weighted by atomic mass is 10.1. The second-order valence-electron chi connectivity index (χ2n) is 4.03. The third kappa shape index (κ3) is 4.29. The van der Waals surface area contributed by atoms with E-state index in [0.29, 0.717) is 0 Å². The zero-order chi connectivity index (χ0) is 13.7. The second-order valence-corrected chi connectivity index (χ2v) is 6.32. The number of nitrogens with one attached hydrogen (secondary N) is 1. The van der Waals surface area contributed by atoms with E-state index in [4.69, 9.17) is 0 Å². The van der Waals surface area contributed by atoms with E-state index in [2.05, 4.69) is 26.2 Å².